The number of alkyl halides is 3. The number of aryl methyl sites for hydroxylation is 2. The minimum absolute atomic E-state index is 0.0170. The summed E-state index contributed by atoms with van der Waals surface area (Å²) in [5, 5.41) is 10.7. The molecule has 29 heavy (non-hydrogen) atoms. The van der Waals surface area contributed by atoms with Crippen molar-refractivity contribution in [1.29, 1.82) is 0 Å². The zero-order chi connectivity index (χ0) is 21.2. The van der Waals surface area contributed by atoms with E-state index in [9.17, 15) is 18.0 Å². The van der Waals surface area contributed by atoms with Crippen LogP contribution in [0.5, 0.6) is 0 Å². The van der Waals surface area contributed by atoms with E-state index in [-0.39, 0.29) is 10.7 Å². The van der Waals surface area contributed by atoms with Crippen molar-refractivity contribution in [3.8, 4) is 5.69 Å². The minimum Gasteiger partial charge on any atom is -0.382 e. The number of benzene rings is 1. The van der Waals surface area contributed by atoms with Gasteiger partial charge in [0.15, 0.2) is 0 Å². The van der Waals surface area contributed by atoms with E-state index in [1.807, 2.05) is 13.8 Å². The molecule has 0 amide bonds. The topological polar surface area (TPSA) is 73.0 Å². The highest BCUT2D eigenvalue weighted by Gasteiger charge is 2.30. The molecule has 2 heterocycles. The van der Waals surface area contributed by atoms with Gasteiger partial charge in [0.1, 0.15) is 10.8 Å². The lowest BCUT2D eigenvalue weighted by atomic mass is 10.1. The van der Waals surface area contributed by atoms with Gasteiger partial charge < -0.3 is 9.84 Å². The Morgan fingerprint density at radius 1 is 1.28 bits per heavy atom. The van der Waals surface area contributed by atoms with Gasteiger partial charge in [0.2, 0.25) is 0 Å². The zero-order valence-corrected chi connectivity index (χ0v) is 16.4. The number of anilines is 1. The van der Waals surface area contributed by atoms with Crippen LogP contribution in [0.4, 0.5) is 18.9 Å². The van der Waals surface area contributed by atoms with Crippen LogP contribution in [0.25, 0.3) is 5.69 Å². The largest absolute Gasteiger partial charge is 0.416 e. The predicted molar refractivity (Wildman–Crippen MR) is 103 cm³/mol. The Hall–Kier alpha value is -2.81. The molecule has 3 aromatic rings. The number of hydrogen-bond donors (Lipinski definition) is 1. The molecule has 154 valence electrons. The van der Waals surface area contributed by atoms with Crippen LogP contribution in [0.1, 0.15) is 29.0 Å². The number of nitrogens with zero attached hydrogens (tertiary/aromatic N) is 3. The van der Waals surface area contributed by atoms with E-state index in [0.717, 1.165) is 46.7 Å². The van der Waals surface area contributed by atoms with Crippen LogP contribution in [0.15, 0.2) is 39.8 Å². The van der Waals surface area contributed by atoms with Crippen LogP contribution >= 0.6 is 11.6 Å². The highest BCUT2D eigenvalue weighted by Crippen LogP contribution is 2.30. The van der Waals surface area contributed by atoms with Crippen molar-refractivity contribution < 1.29 is 17.7 Å². The molecular formula is C19H18ClF3N4O2. The van der Waals surface area contributed by atoms with E-state index in [4.69, 9.17) is 16.1 Å². The maximum atomic E-state index is 12.9. The van der Waals surface area contributed by atoms with E-state index in [2.05, 4.69) is 15.6 Å². The Morgan fingerprint density at radius 2 is 2.03 bits per heavy atom. The van der Waals surface area contributed by atoms with Gasteiger partial charge in [-0.05, 0) is 44.9 Å². The number of aromatic nitrogens is 3. The Labute approximate surface area is 169 Å². The second-order valence-electron chi connectivity index (χ2n) is 6.47. The van der Waals surface area contributed by atoms with Crippen LogP contribution < -0.4 is 10.9 Å². The number of halogens is 4. The van der Waals surface area contributed by atoms with Gasteiger partial charge in [-0.1, -0.05) is 22.8 Å². The quantitative estimate of drug-likeness (QED) is 0.585. The molecule has 0 fully saturated rings. The number of hydrogen-bond acceptors (Lipinski definition) is 5. The molecule has 0 radical (unpaired) electrons. The molecular weight excluding hydrogens is 409 g/mol. The van der Waals surface area contributed by atoms with Crippen molar-refractivity contribution in [2.75, 3.05) is 11.9 Å². The fraction of sp³-hybridized carbons (Fsp3) is 0.316. The van der Waals surface area contributed by atoms with Gasteiger partial charge >= 0.3 is 6.18 Å². The lowest BCUT2D eigenvalue weighted by molar-refractivity contribution is -0.137. The molecule has 0 spiro atoms. The Kier molecular flexibility index (Phi) is 5.97. The molecule has 3 rings (SSSR count). The third-order valence-corrected chi connectivity index (χ3v) is 4.80. The van der Waals surface area contributed by atoms with Crippen molar-refractivity contribution in [2.45, 2.75) is 32.9 Å². The van der Waals surface area contributed by atoms with Crippen molar-refractivity contribution >= 4 is 17.3 Å². The van der Waals surface area contributed by atoms with Crippen molar-refractivity contribution in [1.82, 2.24) is 14.9 Å². The van der Waals surface area contributed by atoms with Gasteiger partial charge in [-0.2, -0.15) is 23.0 Å². The molecule has 0 saturated heterocycles. The molecule has 0 unspecified atom stereocenters. The molecule has 2 aromatic heterocycles. The maximum absolute atomic E-state index is 12.9. The first-order valence-electron chi connectivity index (χ1n) is 8.79. The Balaban J connectivity index is 1.72. The molecule has 0 saturated carbocycles. The van der Waals surface area contributed by atoms with E-state index in [0.29, 0.717) is 12.2 Å². The lowest BCUT2D eigenvalue weighted by Gasteiger charge is -2.12. The minimum atomic E-state index is -4.52. The van der Waals surface area contributed by atoms with Crippen molar-refractivity contribution in [3.05, 3.63) is 68.4 Å². The molecule has 0 aliphatic carbocycles. The van der Waals surface area contributed by atoms with E-state index in [1.165, 1.54) is 18.3 Å². The van der Waals surface area contributed by atoms with Crippen LogP contribution in [-0.2, 0) is 12.6 Å². The summed E-state index contributed by atoms with van der Waals surface area (Å²) in [5.74, 6) is 0.769. The number of rotatable bonds is 6. The molecule has 1 N–H and O–H groups in total. The molecule has 6 nitrogen and oxygen atoms in total. The van der Waals surface area contributed by atoms with Crippen LogP contribution in [0.3, 0.4) is 0 Å². The second-order valence-corrected chi connectivity index (χ2v) is 6.85. The van der Waals surface area contributed by atoms with Gasteiger partial charge in [0.05, 0.1) is 28.8 Å². The SMILES string of the molecule is Cc1noc(C)c1CCCNc1cnn(-c2cccc(C(F)(F)F)c2)c(=O)c1Cl. The van der Waals surface area contributed by atoms with Gasteiger partial charge in [-0.15, -0.1) is 0 Å². The summed E-state index contributed by atoms with van der Waals surface area (Å²) in [6.45, 7) is 4.23. The first-order valence-corrected chi connectivity index (χ1v) is 9.17. The van der Waals surface area contributed by atoms with E-state index < -0.39 is 17.3 Å². The summed E-state index contributed by atoms with van der Waals surface area (Å²) in [6, 6.07) is 4.34. The molecule has 1 aromatic carbocycles. The van der Waals surface area contributed by atoms with Gasteiger partial charge in [-0.3, -0.25) is 4.79 Å². The average Bonchev–Trinajstić information content (AvgIpc) is 2.99. The van der Waals surface area contributed by atoms with Gasteiger partial charge in [0.25, 0.3) is 5.56 Å². The zero-order valence-electron chi connectivity index (χ0n) is 15.7. The average molecular weight is 427 g/mol. The smallest absolute Gasteiger partial charge is 0.382 e. The third kappa shape index (κ3) is 4.61. The first-order chi connectivity index (χ1) is 13.7. The van der Waals surface area contributed by atoms with Gasteiger partial charge in [-0.25, -0.2) is 0 Å². The Bertz CT molecular complexity index is 1060. The molecule has 10 heteroatoms. The van der Waals surface area contributed by atoms with Crippen LogP contribution in [0.2, 0.25) is 5.02 Å². The summed E-state index contributed by atoms with van der Waals surface area (Å²) in [5.41, 5.74) is 0.597. The van der Waals surface area contributed by atoms with E-state index in [1.54, 1.807) is 0 Å². The van der Waals surface area contributed by atoms with E-state index >= 15 is 0 Å². The fourth-order valence-electron chi connectivity index (χ4n) is 2.90. The summed E-state index contributed by atoms with van der Waals surface area (Å²) >= 11 is 6.12. The Morgan fingerprint density at radius 3 is 2.69 bits per heavy atom. The second kappa shape index (κ2) is 8.28. The highest BCUT2D eigenvalue weighted by molar-refractivity contribution is 6.32. The standard InChI is InChI=1S/C19H18ClF3N4O2/c1-11-15(12(2)29-26-11)7-4-8-24-16-10-25-27(18(28)17(16)20)14-6-3-5-13(9-14)19(21,22)23/h3,5-6,9-10,24H,4,7-8H2,1-2H3. The monoisotopic (exact) mass is 426 g/mol. The summed E-state index contributed by atoms with van der Waals surface area (Å²) in [7, 11) is 0. The van der Waals surface area contributed by atoms with Gasteiger partial charge in [0, 0.05) is 12.1 Å². The molecule has 0 aliphatic heterocycles. The summed E-state index contributed by atoms with van der Waals surface area (Å²) in [4.78, 5) is 12.5. The van der Waals surface area contributed by atoms with Crippen LogP contribution in [0, 0.1) is 13.8 Å². The molecule has 0 atom stereocenters. The van der Waals surface area contributed by atoms with Crippen molar-refractivity contribution in [3.63, 3.8) is 0 Å². The predicted octanol–water partition coefficient (Wildman–Crippen LogP) is 4.55. The van der Waals surface area contributed by atoms with Crippen LogP contribution in [-0.4, -0.2) is 21.5 Å². The lowest BCUT2D eigenvalue weighted by Crippen LogP contribution is -2.23. The highest BCUT2D eigenvalue weighted by atomic mass is 35.5. The number of nitrogens with one attached hydrogen (secondary N) is 1. The molecule has 0 aliphatic rings. The third-order valence-electron chi connectivity index (χ3n) is 4.44. The van der Waals surface area contributed by atoms with Crippen molar-refractivity contribution in [2.24, 2.45) is 0 Å². The fourth-order valence-corrected chi connectivity index (χ4v) is 3.10. The summed E-state index contributed by atoms with van der Waals surface area (Å²) in [6.07, 6.45) is -1.73. The normalized spacial score (nSPS) is 11.7. The molecule has 0 bridgehead atoms. The first kappa shape index (κ1) is 20.9. The summed E-state index contributed by atoms with van der Waals surface area (Å²) < 4.78 is 44.6. The maximum Gasteiger partial charge on any atom is 0.416 e.